The summed E-state index contributed by atoms with van der Waals surface area (Å²) in [7, 11) is 0. The highest BCUT2D eigenvalue weighted by Crippen LogP contribution is 2.32. The highest BCUT2D eigenvalue weighted by atomic mass is 35.5. The van der Waals surface area contributed by atoms with Gasteiger partial charge in [-0.25, -0.2) is 0 Å². The van der Waals surface area contributed by atoms with Gasteiger partial charge >= 0.3 is 0 Å². The van der Waals surface area contributed by atoms with Crippen LogP contribution in [0.4, 0.5) is 0 Å². The Morgan fingerprint density at radius 1 is 1.26 bits per heavy atom. The number of rotatable bonds is 3. The zero-order chi connectivity index (χ0) is 13.2. The average Bonchev–Trinajstić information content (AvgIpc) is 2.89. The van der Waals surface area contributed by atoms with Crippen molar-refractivity contribution in [2.75, 3.05) is 0 Å². The lowest BCUT2D eigenvalue weighted by molar-refractivity contribution is 0.386. The zero-order valence-corrected chi connectivity index (χ0v) is 11.8. The minimum atomic E-state index is 0.308. The van der Waals surface area contributed by atoms with Gasteiger partial charge < -0.3 is 9.73 Å². The first-order chi connectivity index (χ1) is 9.24. The number of furan rings is 1. The highest BCUT2D eigenvalue weighted by Gasteiger charge is 2.23. The third kappa shape index (κ3) is 2.70. The quantitative estimate of drug-likeness (QED) is 0.881. The van der Waals surface area contributed by atoms with Crippen LogP contribution in [0.3, 0.4) is 0 Å². The first-order valence-electron chi connectivity index (χ1n) is 6.82. The molecule has 1 N–H and O–H groups in total. The van der Waals surface area contributed by atoms with Crippen LogP contribution in [0.2, 0.25) is 5.02 Å². The Kier molecular flexibility index (Phi) is 3.63. The Morgan fingerprint density at radius 2 is 2.05 bits per heavy atom. The van der Waals surface area contributed by atoms with Gasteiger partial charge in [0, 0.05) is 29.1 Å². The number of fused-ring (bicyclic) bond motifs is 1. The summed E-state index contributed by atoms with van der Waals surface area (Å²) in [5.41, 5.74) is 2.59. The van der Waals surface area contributed by atoms with Crippen molar-refractivity contribution >= 4 is 11.6 Å². The standard InChI is InChI=1S/C16H18ClNO/c1-11(12-5-7-13(17)8-6-12)18-15-3-2-4-16-14(15)9-10-19-16/h5-11,15,18H,2-4H2,1H3. The van der Waals surface area contributed by atoms with Gasteiger partial charge in [-0.2, -0.15) is 0 Å². The molecule has 0 fully saturated rings. The molecule has 2 atom stereocenters. The molecule has 0 saturated heterocycles. The van der Waals surface area contributed by atoms with Crippen molar-refractivity contribution in [2.45, 2.75) is 38.3 Å². The molecule has 2 nitrogen and oxygen atoms in total. The maximum atomic E-state index is 5.93. The van der Waals surface area contributed by atoms with Gasteiger partial charge in [0.25, 0.3) is 0 Å². The van der Waals surface area contributed by atoms with Crippen molar-refractivity contribution in [1.29, 1.82) is 0 Å². The van der Waals surface area contributed by atoms with Crippen molar-refractivity contribution in [3.8, 4) is 0 Å². The van der Waals surface area contributed by atoms with Gasteiger partial charge in [-0.3, -0.25) is 0 Å². The lowest BCUT2D eigenvalue weighted by Crippen LogP contribution is -2.27. The second-order valence-electron chi connectivity index (χ2n) is 5.18. The van der Waals surface area contributed by atoms with Gasteiger partial charge in [-0.1, -0.05) is 23.7 Å². The first kappa shape index (κ1) is 12.8. The Hall–Kier alpha value is -1.25. The molecule has 100 valence electrons. The van der Waals surface area contributed by atoms with Crippen molar-refractivity contribution in [3.05, 3.63) is 58.5 Å². The van der Waals surface area contributed by atoms with E-state index in [1.807, 2.05) is 12.1 Å². The molecule has 3 rings (SSSR count). The largest absolute Gasteiger partial charge is 0.469 e. The number of halogens is 1. The van der Waals surface area contributed by atoms with Crippen LogP contribution in [0, 0.1) is 0 Å². The van der Waals surface area contributed by atoms with Crippen LogP contribution in [-0.2, 0) is 6.42 Å². The van der Waals surface area contributed by atoms with Gasteiger partial charge in [0.1, 0.15) is 5.76 Å². The van der Waals surface area contributed by atoms with Crippen LogP contribution in [-0.4, -0.2) is 0 Å². The molecular formula is C16H18ClNO. The predicted octanol–water partition coefficient (Wildman–Crippen LogP) is 4.66. The molecule has 2 unspecified atom stereocenters. The Morgan fingerprint density at radius 3 is 2.84 bits per heavy atom. The predicted molar refractivity (Wildman–Crippen MR) is 77.4 cm³/mol. The molecular weight excluding hydrogens is 258 g/mol. The molecule has 0 bridgehead atoms. The third-order valence-corrected chi connectivity index (χ3v) is 4.13. The average molecular weight is 276 g/mol. The summed E-state index contributed by atoms with van der Waals surface area (Å²) in [6, 6.07) is 10.9. The van der Waals surface area contributed by atoms with Crippen LogP contribution < -0.4 is 5.32 Å². The second-order valence-corrected chi connectivity index (χ2v) is 5.62. The fourth-order valence-corrected chi connectivity index (χ4v) is 2.93. The summed E-state index contributed by atoms with van der Waals surface area (Å²) in [5, 5.41) is 4.48. The van der Waals surface area contributed by atoms with E-state index in [0.29, 0.717) is 12.1 Å². The van der Waals surface area contributed by atoms with E-state index in [0.717, 1.165) is 17.2 Å². The van der Waals surface area contributed by atoms with Crippen LogP contribution in [0.5, 0.6) is 0 Å². The smallest absolute Gasteiger partial charge is 0.108 e. The zero-order valence-electron chi connectivity index (χ0n) is 11.0. The van der Waals surface area contributed by atoms with Gasteiger partial charge in [0.05, 0.1) is 6.26 Å². The van der Waals surface area contributed by atoms with Crippen LogP contribution >= 0.6 is 11.6 Å². The Labute approximate surface area is 118 Å². The SMILES string of the molecule is CC(NC1CCCc2occc21)c1ccc(Cl)cc1. The highest BCUT2D eigenvalue weighted by molar-refractivity contribution is 6.30. The summed E-state index contributed by atoms with van der Waals surface area (Å²) < 4.78 is 5.53. The monoisotopic (exact) mass is 275 g/mol. The number of hydrogen-bond donors (Lipinski definition) is 1. The van der Waals surface area contributed by atoms with Crippen LogP contribution in [0.25, 0.3) is 0 Å². The summed E-state index contributed by atoms with van der Waals surface area (Å²) in [4.78, 5) is 0. The van der Waals surface area contributed by atoms with Crippen molar-refractivity contribution < 1.29 is 4.42 Å². The van der Waals surface area contributed by atoms with Crippen LogP contribution in [0.1, 0.15) is 48.7 Å². The lowest BCUT2D eigenvalue weighted by atomic mass is 9.92. The van der Waals surface area contributed by atoms with E-state index in [1.165, 1.54) is 24.0 Å². The molecule has 1 aliphatic rings. The molecule has 0 amide bonds. The number of aryl methyl sites for hydroxylation is 1. The van der Waals surface area contributed by atoms with E-state index in [2.05, 4.69) is 30.4 Å². The normalized spacial score (nSPS) is 20.0. The van der Waals surface area contributed by atoms with E-state index < -0.39 is 0 Å². The first-order valence-corrected chi connectivity index (χ1v) is 7.19. The molecule has 3 heteroatoms. The molecule has 2 aromatic rings. The molecule has 1 aromatic carbocycles. The molecule has 0 aliphatic heterocycles. The molecule has 0 spiro atoms. The van der Waals surface area contributed by atoms with E-state index >= 15 is 0 Å². The number of nitrogens with one attached hydrogen (secondary N) is 1. The summed E-state index contributed by atoms with van der Waals surface area (Å²) in [6.07, 6.45) is 5.23. The molecule has 1 aromatic heterocycles. The molecule has 1 aliphatic carbocycles. The Bertz CT molecular complexity index is 546. The maximum absolute atomic E-state index is 5.93. The van der Waals surface area contributed by atoms with Crippen molar-refractivity contribution in [3.63, 3.8) is 0 Å². The van der Waals surface area contributed by atoms with Crippen LogP contribution in [0.15, 0.2) is 41.0 Å². The van der Waals surface area contributed by atoms with E-state index in [9.17, 15) is 0 Å². The minimum Gasteiger partial charge on any atom is -0.469 e. The molecule has 1 heterocycles. The fourth-order valence-electron chi connectivity index (χ4n) is 2.81. The summed E-state index contributed by atoms with van der Waals surface area (Å²) >= 11 is 5.93. The topological polar surface area (TPSA) is 25.2 Å². The molecule has 19 heavy (non-hydrogen) atoms. The van der Waals surface area contributed by atoms with Gasteiger partial charge in [0.2, 0.25) is 0 Å². The van der Waals surface area contributed by atoms with Crippen molar-refractivity contribution in [2.24, 2.45) is 0 Å². The van der Waals surface area contributed by atoms with Gasteiger partial charge in [0.15, 0.2) is 0 Å². The number of hydrogen-bond acceptors (Lipinski definition) is 2. The fraction of sp³-hybridized carbons (Fsp3) is 0.375. The second kappa shape index (κ2) is 5.40. The summed E-state index contributed by atoms with van der Waals surface area (Å²) in [6.45, 7) is 2.19. The Balaban J connectivity index is 1.74. The third-order valence-electron chi connectivity index (χ3n) is 3.87. The van der Waals surface area contributed by atoms with E-state index in [1.54, 1.807) is 6.26 Å². The number of benzene rings is 1. The van der Waals surface area contributed by atoms with E-state index in [4.69, 9.17) is 16.0 Å². The molecule has 0 saturated carbocycles. The van der Waals surface area contributed by atoms with Crippen molar-refractivity contribution in [1.82, 2.24) is 5.32 Å². The van der Waals surface area contributed by atoms with Gasteiger partial charge in [-0.15, -0.1) is 0 Å². The lowest BCUT2D eigenvalue weighted by Gasteiger charge is -2.26. The van der Waals surface area contributed by atoms with E-state index in [-0.39, 0.29) is 0 Å². The molecule has 0 radical (unpaired) electrons. The summed E-state index contributed by atoms with van der Waals surface area (Å²) in [5.74, 6) is 1.15. The maximum Gasteiger partial charge on any atom is 0.108 e. The van der Waals surface area contributed by atoms with Gasteiger partial charge in [-0.05, 0) is 43.5 Å². The minimum absolute atomic E-state index is 0.308.